The van der Waals surface area contributed by atoms with Crippen LogP contribution in [0.25, 0.3) is 0 Å². The van der Waals surface area contributed by atoms with Gasteiger partial charge in [0.05, 0.1) is 0 Å². The van der Waals surface area contributed by atoms with Gasteiger partial charge in [0, 0.05) is 22.6 Å². The lowest BCUT2D eigenvalue weighted by Crippen LogP contribution is -2.24. The van der Waals surface area contributed by atoms with E-state index in [2.05, 4.69) is 10.9 Å². The second-order valence-corrected chi connectivity index (χ2v) is 4.89. The summed E-state index contributed by atoms with van der Waals surface area (Å²) in [6, 6.07) is 3.26. The van der Waals surface area contributed by atoms with Gasteiger partial charge in [-0.05, 0) is 18.1 Å². The Bertz CT molecular complexity index is 513. The molecule has 0 aromatic carbocycles. The average Bonchev–Trinajstić information content (AvgIpc) is 2.23. The van der Waals surface area contributed by atoms with Gasteiger partial charge in [-0.15, -0.1) is 0 Å². The smallest absolute Gasteiger partial charge is 0.333 e. The van der Waals surface area contributed by atoms with E-state index in [-0.39, 0.29) is 16.7 Å². The second-order valence-electron chi connectivity index (χ2n) is 4.89. The quantitative estimate of drug-likeness (QED) is 0.375. The summed E-state index contributed by atoms with van der Waals surface area (Å²) < 4.78 is 0. The molecule has 5 heteroatoms. The van der Waals surface area contributed by atoms with Gasteiger partial charge in [0.15, 0.2) is 6.29 Å². The molecule has 0 unspecified atom stereocenters. The van der Waals surface area contributed by atoms with Gasteiger partial charge in [0.1, 0.15) is 5.69 Å². The van der Waals surface area contributed by atoms with Gasteiger partial charge in [0.2, 0.25) is 0 Å². The molecular formula is C13H15NO4. The summed E-state index contributed by atoms with van der Waals surface area (Å²) in [5.41, 5.74) is 0.794. The van der Waals surface area contributed by atoms with Gasteiger partial charge in [-0.3, -0.25) is 4.79 Å². The van der Waals surface area contributed by atoms with Crippen molar-refractivity contribution in [1.29, 1.82) is 0 Å². The van der Waals surface area contributed by atoms with Gasteiger partial charge in [-0.25, -0.2) is 4.98 Å². The predicted molar refractivity (Wildman–Crippen MR) is 64.6 cm³/mol. The number of nitrogens with zero attached hydrogens (tertiary/aromatic N) is 1. The summed E-state index contributed by atoms with van der Waals surface area (Å²) in [4.78, 5) is 15.0. The molecule has 0 saturated heterocycles. The zero-order valence-electron chi connectivity index (χ0n) is 10.4. The van der Waals surface area contributed by atoms with Gasteiger partial charge >= 0.3 is 5.97 Å². The lowest BCUT2D eigenvalue weighted by atomic mass is 9.91. The summed E-state index contributed by atoms with van der Waals surface area (Å²) in [7, 11) is 0. The van der Waals surface area contributed by atoms with E-state index >= 15 is 0 Å². The Balaban J connectivity index is 3.31. The first-order chi connectivity index (χ1) is 8.13. The molecular weight excluding hydrogens is 234 g/mol. The first-order valence-electron chi connectivity index (χ1n) is 5.30. The van der Waals surface area contributed by atoms with E-state index in [9.17, 15) is 4.79 Å². The van der Waals surface area contributed by atoms with Crippen LogP contribution in [0.1, 0.15) is 42.5 Å². The molecule has 0 atom stereocenters. The van der Waals surface area contributed by atoms with Gasteiger partial charge in [-0.2, -0.15) is 0 Å². The number of aromatic nitrogens is 1. The highest BCUT2D eigenvalue weighted by atomic mass is 16.7. The SMILES string of the molecule is CC(C)(C)c1ccc(C=O)c(C#CC(O)(O)O)n1. The molecule has 0 radical (unpaired) electrons. The number of rotatable bonds is 1. The summed E-state index contributed by atoms with van der Waals surface area (Å²) in [5, 5.41) is 26.1. The predicted octanol–water partition coefficient (Wildman–Crippen LogP) is 0.174. The van der Waals surface area contributed by atoms with Crippen molar-refractivity contribution in [2.45, 2.75) is 32.2 Å². The van der Waals surface area contributed by atoms with E-state index in [0.717, 1.165) is 0 Å². The third-order valence-corrected chi connectivity index (χ3v) is 2.17. The minimum atomic E-state index is -3.10. The minimum Gasteiger partial charge on any atom is -0.333 e. The number of carbonyl (C=O) groups excluding carboxylic acids is 1. The number of hydrogen-bond acceptors (Lipinski definition) is 5. The molecule has 0 amide bonds. The first-order valence-corrected chi connectivity index (χ1v) is 5.30. The largest absolute Gasteiger partial charge is 0.346 e. The highest BCUT2D eigenvalue weighted by Crippen LogP contribution is 2.20. The average molecular weight is 249 g/mol. The number of pyridine rings is 1. The summed E-state index contributed by atoms with van der Waals surface area (Å²) in [5.74, 6) is 0.963. The molecule has 0 aliphatic rings. The Morgan fingerprint density at radius 2 is 1.83 bits per heavy atom. The summed E-state index contributed by atoms with van der Waals surface area (Å²) in [6.07, 6.45) is 0.567. The molecule has 5 nitrogen and oxygen atoms in total. The van der Waals surface area contributed by atoms with Crippen molar-refractivity contribution in [3.05, 3.63) is 29.1 Å². The van der Waals surface area contributed by atoms with E-state index in [0.29, 0.717) is 12.0 Å². The lowest BCUT2D eigenvalue weighted by molar-refractivity contribution is -0.265. The van der Waals surface area contributed by atoms with E-state index in [4.69, 9.17) is 15.3 Å². The second kappa shape index (κ2) is 4.86. The minimum absolute atomic E-state index is 0.0963. The Morgan fingerprint density at radius 3 is 2.28 bits per heavy atom. The van der Waals surface area contributed by atoms with Crippen LogP contribution in [-0.4, -0.2) is 32.6 Å². The standard InChI is InChI=1S/C13H15NO4/c1-12(2,3)11-5-4-9(8-15)10(14-11)6-7-13(16,17)18/h4-5,8,16-18H,1-3H3. The zero-order valence-corrected chi connectivity index (χ0v) is 10.4. The van der Waals surface area contributed by atoms with E-state index in [1.54, 1.807) is 18.1 Å². The number of aliphatic hydroxyl groups is 3. The van der Waals surface area contributed by atoms with Crippen LogP contribution >= 0.6 is 0 Å². The molecule has 96 valence electrons. The molecule has 0 aliphatic heterocycles. The summed E-state index contributed by atoms with van der Waals surface area (Å²) in [6.45, 7) is 5.84. The number of aldehydes is 1. The van der Waals surface area contributed by atoms with Gasteiger partial charge < -0.3 is 15.3 Å². The van der Waals surface area contributed by atoms with Crippen LogP contribution in [0.4, 0.5) is 0 Å². The molecule has 1 aromatic heterocycles. The number of hydrogen-bond donors (Lipinski definition) is 3. The van der Waals surface area contributed by atoms with Crippen LogP contribution in [0.3, 0.4) is 0 Å². The Kier molecular flexibility index (Phi) is 3.87. The van der Waals surface area contributed by atoms with Crippen molar-refractivity contribution in [3.8, 4) is 11.8 Å². The monoisotopic (exact) mass is 249 g/mol. The molecule has 0 spiro atoms. The summed E-state index contributed by atoms with van der Waals surface area (Å²) >= 11 is 0. The fraction of sp³-hybridized carbons (Fsp3) is 0.385. The normalized spacial score (nSPS) is 11.7. The van der Waals surface area contributed by atoms with E-state index in [1.807, 2.05) is 20.8 Å². The van der Waals surface area contributed by atoms with Crippen molar-refractivity contribution in [2.24, 2.45) is 0 Å². The van der Waals surface area contributed by atoms with Gasteiger partial charge in [0.25, 0.3) is 0 Å². The third kappa shape index (κ3) is 3.93. The molecule has 18 heavy (non-hydrogen) atoms. The van der Waals surface area contributed by atoms with Crippen molar-refractivity contribution in [2.75, 3.05) is 0 Å². The van der Waals surface area contributed by atoms with Crippen LogP contribution in [0.15, 0.2) is 12.1 Å². The fourth-order valence-electron chi connectivity index (χ4n) is 1.23. The molecule has 0 fully saturated rings. The number of carbonyl (C=O) groups is 1. The third-order valence-electron chi connectivity index (χ3n) is 2.17. The molecule has 1 heterocycles. The molecule has 1 rings (SSSR count). The van der Waals surface area contributed by atoms with E-state index in [1.165, 1.54) is 0 Å². The van der Waals surface area contributed by atoms with Crippen LogP contribution in [0.5, 0.6) is 0 Å². The maximum absolute atomic E-state index is 10.8. The first kappa shape index (κ1) is 14.3. The molecule has 0 aliphatic carbocycles. The Hall–Kier alpha value is -1.74. The van der Waals surface area contributed by atoms with Crippen molar-refractivity contribution in [1.82, 2.24) is 4.98 Å². The maximum Gasteiger partial charge on any atom is 0.346 e. The van der Waals surface area contributed by atoms with Crippen LogP contribution in [-0.2, 0) is 5.41 Å². The Labute approximate surface area is 105 Å². The molecule has 0 bridgehead atoms. The topological polar surface area (TPSA) is 90.7 Å². The van der Waals surface area contributed by atoms with E-state index < -0.39 is 5.97 Å². The molecule has 3 N–H and O–H groups in total. The highest BCUT2D eigenvalue weighted by Gasteiger charge is 2.17. The lowest BCUT2D eigenvalue weighted by Gasteiger charge is -2.18. The highest BCUT2D eigenvalue weighted by molar-refractivity contribution is 5.78. The van der Waals surface area contributed by atoms with Crippen molar-refractivity contribution >= 4 is 6.29 Å². The molecule has 0 saturated carbocycles. The Morgan fingerprint density at radius 1 is 1.22 bits per heavy atom. The van der Waals surface area contributed by atoms with Crippen LogP contribution < -0.4 is 0 Å². The van der Waals surface area contributed by atoms with Crippen LogP contribution in [0.2, 0.25) is 0 Å². The van der Waals surface area contributed by atoms with Crippen molar-refractivity contribution < 1.29 is 20.1 Å². The van der Waals surface area contributed by atoms with Crippen LogP contribution in [0, 0.1) is 11.8 Å². The fourth-order valence-corrected chi connectivity index (χ4v) is 1.23. The van der Waals surface area contributed by atoms with Crippen molar-refractivity contribution in [3.63, 3.8) is 0 Å². The molecule has 1 aromatic rings. The van der Waals surface area contributed by atoms with Gasteiger partial charge in [-0.1, -0.05) is 20.8 Å². The maximum atomic E-state index is 10.8. The zero-order chi connectivity index (χ0) is 14.0.